The smallest absolute Gasteiger partial charge is 0.320 e. The third-order valence-corrected chi connectivity index (χ3v) is 3.85. The minimum atomic E-state index is -0.979. The van der Waals surface area contributed by atoms with Crippen molar-refractivity contribution in [1.82, 2.24) is 0 Å². The molecule has 0 saturated heterocycles. The van der Waals surface area contributed by atoms with Gasteiger partial charge in [-0.15, -0.1) is 0 Å². The van der Waals surface area contributed by atoms with Crippen LogP contribution in [0.3, 0.4) is 0 Å². The lowest BCUT2D eigenvalue weighted by Gasteiger charge is -2.14. The van der Waals surface area contributed by atoms with Crippen molar-refractivity contribution < 1.29 is 9.90 Å². The Morgan fingerprint density at radius 2 is 1.55 bits per heavy atom. The number of nitrogens with two attached hydrogens (primary N) is 1. The van der Waals surface area contributed by atoms with E-state index in [1.165, 1.54) is 0 Å². The number of fused-ring (bicyclic) bond motifs is 1. The fourth-order valence-electron chi connectivity index (χ4n) is 2.75. The number of hydrogen-bond donors (Lipinski definition) is 2. The van der Waals surface area contributed by atoms with E-state index >= 15 is 0 Å². The minimum absolute atomic E-state index is 0.314. The molecule has 1 atom stereocenters. The van der Waals surface area contributed by atoms with Crippen molar-refractivity contribution in [3.63, 3.8) is 0 Å². The molecule has 3 rings (SSSR count). The summed E-state index contributed by atoms with van der Waals surface area (Å²) in [5.41, 5.74) is 8.80. The zero-order valence-electron chi connectivity index (χ0n) is 12.1. The van der Waals surface area contributed by atoms with E-state index in [2.05, 4.69) is 24.3 Å². The van der Waals surface area contributed by atoms with E-state index < -0.39 is 12.0 Å². The third kappa shape index (κ3) is 2.71. The van der Waals surface area contributed by atoms with Crippen LogP contribution in [0.1, 0.15) is 5.56 Å². The van der Waals surface area contributed by atoms with Crippen LogP contribution in [0.15, 0.2) is 66.7 Å². The molecule has 0 saturated carbocycles. The second-order valence-electron chi connectivity index (χ2n) is 5.33. The van der Waals surface area contributed by atoms with E-state index in [9.17, 15) is 4.79 Å². The zero-order chi connectivity index (χ0) is 15.5. The standard InChI is InChI=1S/C19H17NO2/c20-18(19(21)22)12-14-7-2-4-10-16(14)17-11-5-8-13-6-1-3-9-15(13)17/h1-11,18H,12,20H2,(H,21,22)/t18-/m0/s1. The predicted molar refractivity (Wildman–Crippen MR) is 88.7 cm³/mol. The van der Waals surface area contributed by atoms with Crippen LogP contribution in [0.4, 0.5) is 0 Å². The average Bonchev–Trinajstić information content (AvgIpc) is 2.55. The first-order valence-corrected chi connectivity index (χ1v) is 7.21. The van der Waals surface area contributed by atoms with Crippen LogP contribution >= 0.6 is 0 Å². The summed E-state index contributed by atoms with van der Waals surface area (Å²) in [6.45, 7) is 0. The Morgan fingerprint density at radius 1 is 0.909 bits per heavy atom. The van der Waals surface area contributed by atoms with Gasteiger partial charge in [-0.05, 0) is 33.9 Å². The monoisotopic (exact) mass is 291 g/mol. The first-order chi connectivity index (χ1) is 10.7. The quantitative estimate of drug-likeness (QED) is 0.773. The van der Waals surface area contributed by atoms with Crippen molar-refractivity contribution in [3.8, 4) is 11.1 Å². The van der Waals surface area contributed by atoms with Crippen molar-refractivity contribution >= 4 is 16.7 Å². The molecule has 110 valence electrons. The van der Waals surface area contributed by atoms with Crippen molar-refractivity contribution in [2.45, 2.75) is 12.5 Å². The summed E-state index contributed by atoms with van der Waals surface area (Å²) in [6.07, 6.45) is 0.314. The van der Waals surface area contributed by atoms with E-state index in [-0.39, 0.29) is 0 Å². The van der Waals surface area contributed by atoms with Crippen molar-refractivity contribution in [2.24, 2.45) is 5.73 Å². The summed E-state index contributed by atoms with van der Waals surface area (Å²) in [7, 11) is 0. The van der Waals surface area contributed by atoms with E-state index in [4.69, 9.17) is 10.8 Å². The topological polar surface area (TPSA) is 63.3 Å². The van der Waals surface area contributed by atoms with Gasteiger partial charge >= 0.3 is 5.97 Å². The summed E-state index contributed by atoms with van der Waals surface area (Å²) < 4.78 is 0. The van der Waals surface area contributed by atoms with Crippen molar-refractivity contribution in [2.75, 3.05) is 0 Å². The summed E-state index contributed by atoms with van der Waals surface area (Å²) >= 11 is 0. The largest absolute Gasteiger partial charge is 0.480 e. The Morgan fingerprint density at radius 3 is 2.36 bits per heavy atom. The van der Waals surface area contributed by atoms with Gasteiger partial charge in [0.25, 0.3) is 0 Å². The average molecular weight is 291 g/mol. The lowest BCUT2D eigenvalue weighted by molar-refractivity contribution is -0.138. The second-order valence-corrected chi connectivity index (χ2v) is 5.33. The number of hydrogen-bond acceptors (Lipinski definition) is 2. The van der Waals surface area contributed by atoms with Gasteiger partial charge in [0.05, 0.1) is 0 Å². The summed E-state index contributed by atoms with van der Waals surface area (Å²) in [4.78, 5) is 11.0. The molecule has 3 nitrogen and oxygen atoms in total. The molecule has 0 aliphatic carbocycles. The van der Waals surface area contributed by atoms with Crippen LogP contribution in [-0.2, 0) is 11.2 Å². The van der Waals surface area contributed by atoms with Crippen molar-refractivity contribution in [3.05, 3.63) is 72.3 Å². The lowest BCUT2D eigenvalue weighted by Crippen LogP contribution is -2.32. The van der Waals surface area contributed by atoms with Gasteiger partial charge in [-0.25, -0.2) is 0 Å². The molecule has 0 amide bonds. The number of rotatable bonds is 4. The molecule has 0 aliphatic rings. The number of carboxylic acid groups (broad SMARTS) is 1. The highest BCUT2D eigenvalue weighted by atomic mass is 16.4. The highest BCUT2D eigenvalue weighted by Crippen LogP contribution is 2.31. The molecule has 0 fully saturated rings. The molecule has 0 spiro atoms. The summed E-state index contributed by atoms with van der Waals surface area (Å²) in [5, 5.41) is 11.4. The normalized spacial score (nSPS) is 12.2. The van der Waals surface area contributed by atoms with Gasteiger partial charge in [-0.3, -0.25) is 4.79 Å². The number of benzene rings is 3. The maximum absolute atomic E-state index is 11.0. The summed E-state index contributed by atoms with van der Waals surface area (Å²) in [5.74, 6) is -0.979. The molecule has 0 unspecified atom stereocenters. The van der Waals surface area contributed by atoms with Crippen molar-refractivity contribution in [1.29, 1.82) is 0 Å². The maximum atomic E-state index is 11.0. The third-order valence-electron chi connectivity index (χ3n) is 3.85. The van der Waals surface area contributed by atoms with Crippen LogP contribution in [-0.4, -0.2) is 17.1 Å². The SMILES string of the molecule is N[C@@H](Cc1ccccc1-c1cccc2ccccc12)C(=O)O. The number of carbonyl (C=O) groups is 1. The van der Waals surface area contributed by atoms with Crippen LogP contribution in [0, 0.1) is 0 Å². The van der Waals surface area contributed by atoms with E-state index in [0.717, 1.165) is 27.5 Å². The molecule has 0 bridgehead atoms. The molecule has 22 heavy (non-hydrogen) atoms. The minimum Gasteiger partial charge on any atom is -0.480 e. The van der Waals surface area contributed by atoms with Gasteiger partial charge in [0.1, 0.15) is 6.04 Å². The molecule has 0 aliphatic heterocycles. The Balaban J connectivity index is 2.13. The molecule has 0 heterocycles. The van der Waals surface area contributed by atoms with E-state index in [0.29, 0.717) is 6.42 Å². The molecular formula is C19H17NO2. The van der Waals surface area contributed by atoms with Crippen LogP contribution in [0.25, 0.3) is 21.9 Å². The Bertz CT molecular complexity index is 821. The fourth-order valence-corrected chi connectivity index (χ4v) is 2.75. The van der Waals surface area contributed by atoms with Gasteiger partial charge in [0, 0.05) is 0 Å². The Kier molecular flexibility index (Phi) is 3.90. The van der Waals surface area contributed by atoms with Gasteiger partial charge in [-0.2, -0.15) is 0 Å². The molecule has 3 aromatic carbocycles. The molecule has 0 aromatic heterocycles. The van der Waals surface area contributed by atoms with Crippen LogP contribution < -0.4 is 5.73 Å². The molecule has 0 radical (unpaired) electrons. The van der Waals surface area contributed by atoms with E-state index in [1.54, 1.807) is 0 Å². The zero-order valence-corrected chi connectivity index (χ0v) is 12.1. The predicted octanol–water partition coefficient (Wildman–Crippen LogP) is 3.46. The molecule has 3 N–H and O–H groups in total. The maximum Gasteiger partial charge on any atom is 0.320 e. The molecule has 3 aromatic rings. The highest BCUT2D eigenvalue weighted by Gasteiger charge is 2.15. The molecular weight excluding hydrogens is 274 g/mol. The second kappa shape index (κ2) is 6.00. The van der Waals surface area contributed by atoms with Gasteiger partial charge in [-0.1, -0.05) is 66.7 Å². The first kappa shape index (κ1) is 14.3. The number of aliphatic carboxylic acids is 1. The van der Waals surface area contributed by atoms with Gasteiger partial charge < -0.3 is 10.8 Å². The Labute approximate surface area is 129 Å². The lowest BCUT2D eigenvalue weighted by atomic mass is 9.92. The van der Waals surface area contributed by atoms with Gasteiger partial charge in [0.2, 0.25) is 0 Å². The molecule has 3 heteroatoms. The van der Waals surface area contributed by atoms with E-state index in [1.807, 2.05) is 42.5 Å². The van der Waals surface area contributed by atoms with Crippen LogP contribution in [0.2, 0.25) is 0 Å². The number of carboxylic acids is 1. The fraction of sp³-hybridized carbons (Fsp3) is 0.105. The first-order valence-electron chi connectivity index (χ1n) is 7.21. The Hall–Kier alpha value is -2.65. The van der Waals surface area contributed by atoms with Gasteiger partial charge in [0.15, 0.2) is 0 Å². The van der Waals surface area contributed by atoms with Crippen LogP contribution in [0.5, 0.6) is 0 Å². The summed E-state index contributed by atoms with van der Waals surface area (Å²) in [6, 6.07) is 21.3. The highest BCUT2D eigenvalue weighted by molar-refractivity contribution is 5.97.